The van der Waals surface area contributed by atoms with Crippen molar-refractivity contribution in [3.05, 3.63) is 177 Å². The molecule has 5 aromatic carbocycles. The van der Waals surface area contributed by atoms with Crippen LogP contribution in [0.5, 0.6) is 0 Å². The predicted molar refractivity (Wildman–Crippen MR) is 232 cm³/mol. The number of benzene rings is 5. The van der Waals surface area contributed by atoms with Gasteiger partial charge in [-0.2, -0.15) is 0 Å². The van der Waals surface area contributed by atoms with E-state index in [2.05, 4.69) is 207 Å². The van der Waals surface area contributed by atoms with E-state index in [0.717, 1.165) is 11.4 Å². The first kappa shape index (κ1) is 37.0. The lowest BCUT2D eigenvalue weighted by Gasteiger charge is -2.25. The van der Waals surface area contributed by atoms with Crippen LogP contribution in [0.4, 0.5) is 0 Å². The average Bonchev–Trinajstić information content (AvgIpc) is 3.76. The van der Waals surface area contributed by atoms with E-state index in [4.69, 9.17) is 0 Å². The highest BCUT2D eigenvalue weighted by Gasteiger charge is 2.31. The molecule has 0 aliphatic carbocycles. The van der Waals surface area contributed by atoms with Crippen LogP contribution in [0.25, 0.3) is 44.8 Å². The van der Waals surface area contributed by atoms with E-state index in [0.29, 0.717) is 0 Å². The van der Waals surface area contributed by atoms with Crippen LogP contribution in [0, 0.1) is 34.6 Å². The summed E-state index contributed by atoms with van der Waals surface area (Å²) in [6, 6.07) is 45.7. The lowest BCUT2D eigenvalue weighted by Crippen LogP contribution is -2.12. The molecule has 7 aromatic rings. The Balaban J connectivity index is 1.55. The van der Waals surface area contributed by atoms with E-state index < -0.39 is 0 Å². The number of aryl methyl sites for hydroxylation is 5. The number of rotatable bonds is 7. The minimum atomic E-state index is -0.112. The summed E-state index contributed by atoms with van der Waals surface area (Å²) in [4.78, 5) is 8.14. The first-order valence-electron chi connectivity index (χ1n) is 19.5. The third-order valence-electron chi connectivity index (χ3n) is 11.1. The predicted octanol–water partition coefficient (Wildman–Crippen LogP) is 14.3. The lowest BCUT2D eigenvalue weighted by molar-refractivity contribution is 0.590. The topological polar surface area (TPSA) is 31.6 Å². The van der Waals surface area contributed by atoms with Gasteiger partial charge in [-0.15, -0.1) is 0 Å². The van der Waals surface area contributed by atoms with E-state index >= 15 is 0 Å². The third kappa shape index (κ3) is 7.40. The van der Waals surface area contributed by atoms with Crippen molar-refractivity contribution in [3.63, 3.8) is 0 Å². The third-order valence-corrected chi connectivity index (χ3v) is 11.1. The van der Waals surface area contributed by atoms with Gasteiger partial charge in [-0.1, -0.05) is 167 Å². The zero-order valence-electron chi connectivity index (χ0n) is 34.1. The summed E-state index contributed by atoms with van der Waals surface area (Å²) in [5.41, 5.74) is 22.3. The van der Waals surface area contributed by atoms with E-state index in [-0.39, 0.29) is 16.7 Å². The standard InChI is InChI=1S/C52H56N2/c1-32-12-16-39(17-13-32)45-30-43(37-20-24-41(25-21-37)51(6,7)8)49(53-45)48(47-35(4)28-34(3)29-36(47)5)50-44(38-22-26-42(27-23-38)52(9,10)11)31-46(54-50)40-18-14-33(2)15-19-40/h12-31,48,53-54H,1-11H3. The van der Waals surface area contributed by atoms with E-state index in [1.54, 1.807) is 0 Å². The molecule has 54 heavy (non-hydrogen) atoms. The van der Waals surface area contributed by atoms with Gasteiger partial charge in [0.25, 0.3) is 0 Å². The maximum atomic E-state index is 4.07. The van der Waals surface area contributed by atoms with Gasteiger partial charge in [0.2, 0.25) is 0 Å². The molecular weight excluding hydrogens is 653 g/mol. The number of aromatic amines is 2. The average molecular weight is 709 g/mol. The Morgan fingerprint density at radius 3 is 1.06 bits per heavy atom. The normalized spacial score (nSPS) is 12.1. The SMILES string of the molecule is Cc1ccc(-c2cc(-c3ccc(C(C)(C)C)cc3)c(C(c3[nH]c(-c4ccc(C)cc4)cc3-c3ccc(C(C)(C)C)cc3)c3c(C)cc(C)cc3C)[nH]2)cc1. The molecule has 0 bridgehead atoms. The molecule has 0 aliphatic rings. The molecule has 274 valence electrons. The second kappa shape index (κ2) is 14.1. The highest BCUT2D eigenvalue weighted by Crippen LogP contribution is 2.46. The molecule has 0 spiro atoms. The molecule has 2 heteroatoms. The van der Waals surface area contributed by atoms with Crippen molar-refractivity contribution in [1.82, 2.24) is 9.97 Å². The van der Waals surface area contributed by atoms with Gasteiger partial charge in [0.15, 0.2) is 0 Å². The molecule has 0 saturated heterocycles. The smallest absolute Gasteiger partial charge is 0.0659 e. The molecule has 2 nitrogen and oxygen atoms in total. The number of nitrogens with one attached hydrogen (secondary N) is 2. The molecule has 0 radical (unpaired) electrons. The molecular formula is C52H56N2. The van der Waals surface area contributed by atoms with E-state index in [1.807, 2.05) is 0 Å². The van der Waals surface area contributed by atoms with Crippen LogP contribution >= 0.6 is 0 Å². The van der Waals surface area contributed by atoms with Gasteiger partial charge < -0.3 is 9.97 Å². The summed E-state index contributed by atoms with van der Waals surface area (Å²) in [5.74, 6) is -0.112. The Kier molecular flexibility index (Phi) is 9.69. The first-order valence-corrected chi connectivity index (χ1v) is 19.5. The van der Waals surface area contributed by atoms with Crippen molar-refractivity contribution < 1.29 is 0 Å². The molecule has 7 rings (SSSR count). The Labute approximate surface area is 323 Å². The van der Waals surface area contributed by atoms with Gasteiger partial charge in [-0.3, -0.25) is 0 Å². The minimum absolute atomic E-state index is 0.0687. The summed E-state index contributed by atoms with van der Waals surface area (Å²) in [5, 5.41) is 0. The molecule has 0 atom stereocenters. The van der Waals surface area contributed by atoms with Crippen molar-refractivity contribution in [2.24, 2.45) is 0 Å². The Hall–Kier alpha value is -5.34. The molecule has 0 amide bonds. The number of aromatic nitrogens is 2. The van der Waals surface area contributed by atoms with Crippen molar-refractivity contribution in [1.29, 1.82) is 0 Å². The maximum absolute atomic E-state index is 4.07. The maximum Gasteiger partial charge on any atom is 0.0659 e. The second-order valence-corrected chi connectivity index (χ2v) is 17.7. The van der Waals surface area contributed by atoms with E-state index in [9.17, 15) is 0 Å². The number of hydrogen-bond donors (Lipinski definition) is 2. The van der Waals surface area contributed by atoms with Gasteiger partial charge in [0.05, 0.1) is 5.92 Å². The van der Waals surface area contributed by atoms with Crippen LogP contribution in [0.2, 0.25) is 0 Å². The Morgan fingerprint density at radius 2 is 0.722 bits per heavy atom. The fourth-order valence-electron chi connectivity index (χ4n) is 8.03. The minimum Gasteiger partial charge on any atom is -0.357 e. The lowest BCUT2D eigenvalue weighted by atomic mass is 9.80. The summed E-state index contributed by atoms with van der Waals surface area (Å²) in [6.07, 6.45) is 0. The number of H-pyrrole nitrogens is 2. The molecule has 0 saturated carbocycles. The van der Waals surface area contributed by atoms with Crippen LogP contribution in [-0.4, -0.2) is 9.97 Å². The zero-order chi connectivity index (χ0) is 38.5. The summed E-state index contributed by atoms with van der Waals surface area (Å²) >= 11 is 0. The fourth-order valence-corrected chi connectivity index (χ4v) is 8.03. The molecule has 2 aromatic heterocycles. The van der Waals surface area contributed by atoms with E-state index in [1.165, 1.54) is 89.3 Å². The molecule has 0 unspecified atom stereocenters. The van der Waals surface area contributed by atoms with Crippen molar-refractivity contribution in [2.45, 2.75) is 92.9 Å². The van der Waals surface area contributed by atoms with Crippen LogP contribution in [0.15, 0.2) is 121 Å². The Bertz CT molecular complexity index is 2230. The quantitative estimate of drug-likeness (QED) is 0.165. The highest BCUT2D eigenvalue weighted by molar-refractivity contribution is 5.81. The second-order valence-electron chi connectivity index (χ2n) is 17.7. The monoisotopic (exact) mass is 708 g/mol. The van der Waals surface area contributed by atoms with Gasteiger partial charge >= 0.3 is 0 Å². The molecule has 2 heterocycles. The van der Waals surface area contributed by atoms with Crippen LogP contribution < -0.4 is 0 Å². The summed E-state index contributed by atoms with van der Waals surface area (Å²) < 4.78 is 0. The summed E-state index contributed by atoms with van der Waals surface area (Å²) in [7, 11) is 0. The first-order chi connectivity index (χ1) is 25.6. The van der Waals surface area contributed by atoms with Crippen molar-refractivity contribution in [3.8, 4) is 44.8 Å². The van der Waals surface area contributed by atoms with Gasteiger partial charge in [-0.05, 0) is 108 Å². The van der Waals surface area contributed by atoms with Gasteiger partial charge in [0.1, 0.15) is 0 Å². The van der Waals surface area contributed by atoms with Gasteiger partial charge in [0, 0.05) is 33.9 Å². The van der Waals surface area contributed by atoms with Crippen LogP contribution in [0.1, 0.15) is 103 Å². The molecule has 0 aliphatic heterocycles. The van der Waals surface area contributed by atoms with Crippen molar-refractivity contribution >= 4 is 0 Å². The van der Waals surface area contributed by atoms with Crippen LogP contribution in [0.3, 0.4) is 0 Å². The van der Waals surface area contributed by atoms with Crippen LogP contribution in [-0.2, 0) is 10.8 Å². The Morgan fingerprint density at radius 1 is 0.389 bits per heavy atom. The largest absolute Gasteiger partial charge is 0.357 e. The summed E-state index contributed by atoms with van der Waals surface area (Å²) in [6.45, 7) is 24.8. The highest BCUT2D eigenvalue weighted by atomic mass is 14.8. The fraction of sp³-hybridized carbons (Fsp3) is 0.269. The van der Waals surface area contributed by atoms with Crippen molar-refractivity contribution in [2.75, 3.05) is 0 Å². The molecule has 2 N–H and O–H groups in total. The zero-order valence-corrected chi connectivity index (χ0v) is 34.1. The number of hydrogen-bond acceptors (Lipinski definition) is 0. The molecule has 0 fully saturated rings. The van der Waals surface area contributed by atoms with Gasteiger partial charge in [-0.25, -0.2) is 0 Å².